The summed E-state index contributed by atoms with van der Waals surface area (Å²) in [6.45, 7) is 5.91. The number of allylic oxidation sites excluding steroid dienone is 1. The highest BCUT2D eigenvalue weighted by Gasteiger charge is 2.59. The van der Waals surface area contributed by atoms with Crippen molar-refractivity contribution in [2.24, 2.45) is 23.7 Å². The molecular formula is C26H33NO6. The van der Waals surface area contributed by atoms with E-state index in [2.05, 4.69) is 6.08 Å². The molecule has 2 aliphatic carbocycles. The lowest BCUT2D eigenvalue weighted by atomic mass is 9.63. The molecule has 0 bridgehead atoms. The molecule has 1 aromatic rings. The van der Waals surface area contributed by atoms with Crippen LogP contribution >= 0.6 is 0 Å². The molecule has 7 heteroatoms. The number of benzene rings is 1. The second kappa shape index (κ2) is 9.29. The van der Waals surface area contributed by atoms with Crippen molar-refractivity contribution in [1.29, 1.82) is 0 Å². The molecule has 2 amide bonds. The van der Waals surface area contributed by atoms with E-state index >= 15 is 0 Å². The Balaban J connectivity index is 1.65. The number of rotatable bonds is 5. The summed E-state index contributed by atoms with van der Waals surface area (Å²) in [5, 5.41) is 10.1. The maximum atomic E-state index is 13.6. The van der Waals surface area contributed by atoms with E-state index in [9.17, 15) is 19.5 Å². The monoisotopic (exact) mass is 455 g/mol. The molecule has 4 rings (SSSR count). The van der Waals surface area contributed by atoms with Gasteiger partial charge >= 0.3 is 12.1 Å². The molecule has 0 spiro atoms. The summed E-state index contributed by atoms with van der Waals surface area (Å²) in [5.41, 5.74) is 1.46. The number of ether oxygens (including phenoxy) is 2. The Hall–Kier alpha value is -2.67. The first kappa shape index (κ1) is 23.5. The Morgan fingerprint density at radius 1 is 1.15 bits per heavy atom. The molecule has 5 atom stereocenters. The number of imide groups is 1. The van der Waals surface area contributed by atoms with Crippen LogP contribution in [-0.2, 0) is 25.7 Å². The van der Waals surface area contributed by atoms with Crippen LogP contribution in [0.1, 0.15) is 52.0 Å². The first-order chi connectivity index (χ1) is 15.7. The second-order valence-corrected chi connectivity index (χ2v) is 10.3. The minimum atomic E-state index is -0.967. The minimum Gasteiger partial charge on any atom is -0.481 e. The zero-order valence-corrected chi connectivity index (χ0v) is 19.5. The molecule has 1 aliphatic heterocycles. The highest BCUT2D eigenvalue weighted by Crippen LogP contribution is 2.50. The van der Waals surface area contributed by atoms with Crippen molar-refractivity contribution in [1.82, 2.24) is 4.90 Å². The van der Waals surface area contributed by atoms with Gasteiger partial charge in [-0.3, -0.25) is 9.59 Å². The molecule has 3 aliphatic rings. The van der Waals surface area contributed by atoms with Crippen molar-refractivity contribution in [3.05, 3.63) is 47.5 Å². The first-order valence-electron chi connectivity index (χ1n) is 11.8. The average Bonchev–Trinajstić information content (AvgIpc) is 3.05. The molecule has 0 radical (unpaired) electrons. The largest absolute Gasteiger partial charge is 0.481 e. The zero-order valence-electron chi connectivity index (χ0n) is 19.5. The number of nitrogens with zero attached hydrogens (tertiary/aromatic N) is 1. The maximum Gasteiger partial charge on any atom is 0.417 e. The van der Waals surface area contributed by atoms with Crippen molar-refractivity contribution in [3.8, 4) is 0 Å². The van der Waals surface area contributed by atoms with Gasteiger partial charge in [-0.05, 0) is 51.5 Å². The van der Waals surface area contributed by atoms with Crippen LogP contribution in [-0.4, -0.2) is 46.2 Å². The normalized spacial score (nSPS) is 29.2. The van der Waals surface area contributed by atoms with Gasteiger partial charge in [0.15, 0.2) is 0 Å². The van der Waals surface area contributed by atoms with Crippen molar-refractivity contribution in [2.45, 2.75) is 64.7 Å². The molecule has 1 N–H and O–H groups in total. The first-order valence-corrected chi connectivity index (χ1v) is 11.8. The van der Waals surface area contributed by atoms with Gasteiger partial charge in [-0.2, -0.15) is 0 Å². The smallest absolute Gasteiger partial charge is 0.417 e. The Morgan fingerprint density at radius 2 is 1.88 bits per heavy atom. The van der Waals surface area contributed by atoms with E-state index in [-0.39, 0.29) is 19.1 Å². The highest BCUT2D eigenvalue weighted by molar-refractivity contribution is 5.98. The zero-order chi connectivity index (χ0) is 23.8. The van der Waals surface area contributed by atoms with E-state index in [0.717, 1.165) is 41.7 Å². The second-order valence-electron chi connectivity index (χ2n) is 10.3. The molecule has 0 aromatic heterocycles. The average molecular weight is 456 g/mol. The summed E-state index contributed by atoms with van der Waals surface area (Å²) in [4.78, 5) is 40.2. The minimum absolute atomic E-state index is 0.0394. The van der Waals surface area contributed by atoms with Gasteiger partial charge < -0.3 is 14.6 Å². The molecule has 178 valence electrons. The summed E-state index contributed by atoms with van der Waals surface area (Å²) in [5.74, 6) is -3.58. The number of carbonyl (C=O) groups excluding carboxylic acids is 2. The molecular weight excluding hydrogens is 422 g/mol. The quantitative estimate of drug-likeness (QED) is 0.661. The Bertz CT molecular complexity index is 934. The fourth-order valence-electron chi connectivity index (χ4n) is 5.55. The number of fused-ring (bicyclic) bond motifs is 2. The number of carbonyl (C=O) groups is 3. The molecule has 0 unspecified atom stereocenters. The number of likely N-dealkylation sites (tertiary alicyclic amines) is 1. The highest BCUT2D eigenvalue weighted by atomic mass is 16.6. The number of hydrogen-bond acceptors (Lipinski definition) is 5. The number of hydrogen-bond donors (Lipinski definition) is 1. The van der Waals surface area contributed by atoms with Crippen LogP contribution in [0.4, 0.5) is 4.79 Å². The summed E-state index contributed by atoms with van der Waals surface area (Å²) < 4.78 is 11.5. The van der Waals surface area contributed by atoms with Crippen LogP contribution in [0.5, 0.6) is 0 Å². The third-order valence-corrected chi connectivity index (χ3v) is 7.02. The van der Waals surface area contributed by atoms with Crippen LogP contribution < -0.4 is 0 Å². The maximum absolute atomic E-state index is 13.6. The predicted octanol–water partition coefficient (Wildman–Crippen LogP) is 4.41. The van der Waals surface area contributed by atoms with E-state index < -0.39 is 47.4 Å². The van der Waals surface area contributed by atoms with Gasteiger partial charge in [-0.1, -0.05) is 48.4 Å². The van der Waals surface area contributed by atoms with E-state index in [1.54, 1.807) is 0 Å². The Labute approximate surface area is 194 Å². The van der Waals surface area contributed by atoms with Gasteiger partial charge in [0, 0.05) is 5.92 Å². The van der Waals surface area contributed by atoms with Gasteiger partial charge in [0.25, 0.3) is 0 Å². The molecule has 33 heavy (non-hydrogen) atoms. The van der Waals surface area contributed by atoms with Gasteiger partial charge in [0.2, 0.25) is 5.91 Å². The molecule has 7 nitrogen and oxygen atoms in total. The fourth-order valence-corrected chi connectivity index (χ4v) is 5.55. The lowest BCUT2D eigenvalue weighted by Crippen LogP contribution is -2.44. The van der Waals surface area contributed by atoms with Gasteiger partial charge in [0.05, 0.1) is 30.1 Å². The van der Waals surface area contributed by atoms with Crippen molar-refractivity contribution >= 4 is 18.0 Å². The molecule has 2 fully saturated rings. The van der Waals surface area contributed by atoms with Crippen molar-refractivity contribution < 1.29 is 29.0 Å². The standard InChI is InChI=1S/C26H33NO6/c1-26(2,3)33-15-20-19-13-17-11-7-8-12-18(17)22(24(29)30)21(19)23(28)27(20)25(31)32-14-16-9-5-4-6-10-16/h4-6,9-10,13,18-22H,7-8,11-12,14-15H2,1-3H3,(H,29,30)/t18-,19-,20+,21+,22-/m0/s1. The molecule has 1 saturated carbocycles. The van der Waals surface area contributed by atoms with E-state index in [1.165, 1.54) is 0 Å². The summed E-state index contributed by atoms with van der Waals surface area (Å²) in [7, 11) is 0. The molecule has 1 heterocycles. The van der Waals surface area contributed by atoms with Gasteiger partial charge in [-0.15, -0.1) is 0 Å². The van der Waals surface area contributed by atoms with Crippen LogP contribution in [0, 0.1) is 23.7 Å². The number of carboxylic acid groups (broad SMARTS) is 1. The molecule has 1 aromatic carbocycles. The van der Waals surface area contributed by atoms with E-state index in [0.29, 0.717) is 0 Å². The predicted molar refractivity (Wildman–Crippen MR) is 121 cm³/mol. The lowest BCUT2D eigenvalue weighted by molar-refractivity contribution is -0.150. The van der Waals surface area contributed by atoms with E-state index in [4.69, 9.17) is 9.47 Å². The fraction of sp³-hybridized carbons (Fsp3) is 0.577. The van der Waals surface area contributed by atoms with E-state index in [1.807, 2.05) is 51.1 Å². The van der Waals surface area contributed by atoms with Crippen LogP contribution in [0.2, 0.25) is 0 Å². The van der Waals surface area contributed by atoms with Crippen LogP contribution in [0.3, 0.4) is 0 Å². The SMILES string of the molecule is CC(C)(C)OC[C@@H]1[C@@H]2C=C3CCCC[C@@H]3[C@H](C(=O)O)[C@@H]2C(=O)N1C(=O)OCc1ccccc1. The summed E-state index contributed by atoms with van der Waals surface area (Å²) in [6.07, 6.45) is 4.92. The Kier molecular flexibility index (Phi) is 6.61. The third-order valence-electron chi connectivity index (χ3n) is 7.02. The van der Waals surface area contributed by atoms with Crippen molar-refractivity contribution in [3.63, 3.8) is 0 Å². The summed E-state index contributed by atoms with van der Waals surface area (Å²) >= 11 is 0. The van der Waals surface area contributed by atoms with Crippen LogP contribution in [0.15, 0.2) is 42.0 Å². The molecule has 1 saturated heterocycles. The van der Waals surface area contributed by atoms with Crippen molar-refractivity contribution in [2.75, 3.05) is 6.61 Å². The number of amides is 2. The lowest BCUT2D eigenvalue weighted by Gasteiger charge is -2.39. The Morgan fingerprint density at radius 3 is 2.55 bits per heavy atom. The summed E-state index contributed by atoms with van der Waals surface area (Å²) in [6, 6.07) is 8.67. The van der Waals surface area contributed by atoms with Gasteiger partial charge in [0.1, 0.15) is 6.61 Å². The number of carboxylic acids is 1. The third kappa shape index (κ3) is 4.83. The van der Waals surface area contributed by atoms with Crippen LogP contribution in [0.25, 0.3) is 0 Å². The number of aliphatic carboxylic acids is 1. The van der Waals surface area contributed by atoms with Gasteiger partial charge in [-0.25, -0.2) is 9.69 Å². The topological polar surface area (TPSA) is 93.1 Å².